The largest absolute Gasteiger partial charge is 0.331 e. The third-order valence-corrected chi connectivity index (χ3v) is 3.21. The molecule has 0 spiro atoms. The van der Waals surface area contributed by atoms with Gasteiger partial charge in [0.15, 0.2) is 5.82 Å². The molecule has 0 bridgehead atoms. The molecule has 2 aromatic rings. The van der Waals surface area contributed by atoms with Crippen LogP contribution in [0.3, 0.4) is 0 Å². The first-order valence-electron chi connectivity index (χ1n) is 4.82. The molecular formula is C10H12N4OS. The minimum atomic E-state index is -0.171. The number of aryl methyl sites for hydroxylation is 1. The molecule has 0 amide bonds. The van der Waals surface area contributed by atoms with Crippen molar-refractivity contribution in [2.24, 2.45) is 12.8 Å². The van der Waals surface area contributed by atoms with E-state index in [1.54, 1.807) is 29.4 Å². The standard InChI is InChI=1S/C10H12N4OS/c1-6(11)10-13-7(5-16-10)8(15)9-12-3-4-14(9)2/h3-6H,11H2,1-2H3. The Balaban J connectivity index is 2.31. The number of rotatable bonds is 3. The SMILES string of the molecule is CC(N)c1nc(C(=O)c2nccn2C)cs1. The first-order chi connectivity index (χ1) is 7.59. The summed E-state index contributed by atoms with van der Waals surface area (Å²) in [7, 11) is 1.78. The highest BCUT2D eigenvalue weighted by Gasteiger charge is 2.17. The normalized spacial score (nSPS) is 12.7. The van der Waals surface area contributed by atoms with Gasteiger partial charge in [-0.25, -0.2) is 9.97 Å². The maximum atomic E-state index is 12.0. The van der Waals surface area contributed by atoms with Crippen molar-refractivity contribution in [2.45, 2.75) is 13.0 Å². The summed E-state index contributed by atoms with van der Waals surface area (Å²) in [6.07, 6.45) is 3.32. The molecule has 0 aromatic carbocycles. The van der Waals surface area contributed by atoms with E-state index in [1.807, 2.05) is 6.92 Å². The van der Waals surface area contributed by atoms with E-state index in [0.717, 1.165) is 5.01 Å². The van der Waals surface area contributed by atoms with Gasteiger partial charge in [0.1, 0.15) is 10.7 Å². The molecule has 2 aromatic heterocycles. The van der Waals surface area contributed by atoms with Crippen LogP contribution < -0.4 is 5.73 Å². The molecule has 1 atom stereocenters. The van der Waals surface area contributed by atoms with Gasteiger partial charge in [-0.3, -0.25) is 4.79 Å². The second-order valence-electron chi connectivity index (χ2n) is 3.55. The van der Waals surface area contributed by atoms with E-state index in [-0.39, 0.29) is 11.8 Å². The Hall–Kier alpha value is -1.53. The molecule has 0 aliphatic heterocycles. The van der Waals surface area contributed by atoms with Crippen molar-refractivity contribution >= 4 is 17.1 Å². The van der Waals surface area contributed by atoms with Gasteiger partial charge in [0.05, 0.1) is 6.04 Å². The van der Waals surface area contributed by atoms with E-state index in [0.29, 0.717) is 11.5 Å². The summed E-state index contributed by atoms with van der Waals surface area (Å²) in [4.78, 5) is 20.2. The second kappa shape index (κ2) is 4.15. The van der Waals surface area contributed by atoms with Crippen LogP contribution in [0.1, 0.15) is 34.3 Å². The van der Waals surface area contributed by atoms with Gasteiger partial charge in [0.2, 0.25) is 5.78 Å². The van der Waals surface area contributed by atoms with Crippen LogP contribution >= 0.6 is 11.3 Å². The third-order valence-electron chi connectivity index (χ3n) is 2.17. The minimum absolute atomic E-state index is 0.145. The van der Waals surface area contributed by atoms with E-state index < -0.39 is 0 Å². The number of hydrogen-bond acceptors (Lipinski definition) is 5. The molecule has 2 N–H and O–H groups in total. The highest BCUT2D eigenvalue weighted by molar-refractivity contribution is 7.09. The van der Waals surface area contributed by atoms with Crippen molar-refractivity contribution in [3.05, 3.63) is 34.3 Å². The van der Waals surface area contributed by atoms with Crippen LogP contribution in [-0.2, 0) is 7.05 Å². The van der Waals surface area contributed by atoms with Crippen molar-refractivity contribution in [1.82, 2.24) is 14.5 Å². The molecule has 0 radical (unpaired) electrons. The highest BCUT2D eigenvalue weighted by Crippen LogP contribution is 2.17. The van der Waals surface area contributed by atoms with Crippen molar-refractivity contribution in [3.8, 4) is 0 Å². The molecule has 2 rings (SSSR count). The predicted octanol–water partition coefficient (Wildman–Crippen LogP) is 1.13. The summed E-state index contributed by atoms with van der Waals surface area (Å²) in [5.41, 5.74) is 6.10. The maximum Gasteiger partial charge on any atom is 0.247 e. The van der Waals surface area contributed by atoms with Crippen molar-refractivity contribution < 1.29 is 4.79 Å². The van der Waals surface area contributed by atoms with Crippen LogP contribution in [0.25, 0.3) is 0 Å². The quantitative estimate of drug-likeness (QED) is 0.811. The number of carbonyl (C=O) groups excluding carboxylic acids is 1. The molecule has 2 heterocycles. The average Bonchev–Trinajstić information content (AvgIpc) is 2.84. The van der Waals surface area contributed by atoms with Crippen LogP contribution in [0.15, 0.2) is 17.8 Å². The summed E-state index contributed by atoms with van der Waals surface area (Å²) < 4.78 is 1.67. The number of hydrogen-bond donors (Lipinski definition) is 1. The van der Waals surface area contributed by atoms with Gasteiger partial charge in [-0.1, -0.05) is 0 Å². The van der Waals surface area contributed by atoms with Crippen molar-refractivity contribution in [2.75, 3.05) is 0 Å². The van der Waals surface area contributed by atoms with E-state index in [9.17, 15) is 4.79 Å². The zero-order valence-corrected chi connectivity index (χ0v) is 9.86. The van der Waals surface area contributed by atoms with Gasteiger partial charge in [-0.05, 0) is 6.92 Å². The van der Waals surface area contributed by atoms with Crippen LogP contribution in [0.5, 0.6) is 0 Å². The van der Waals surface area contributed by atoms with Gasteiger partial charge in [-0.15, -0.1) is 11.3 Å². The lowest BCUT2D eigenvalue weighted by molar-refractivity contribution is 0.102. The Morgan fingerprint density at radius 3 is 2.88 bits per heavy atom. The second-order valence-corrected chi connectivity index (χ2v) is 4.44. The summed E-state index contributed by atoms with van der Waals surface area (Å²) >= 11 is 1.40. The predicted molar refractivity (Wildman–Crippen MR) is 61.4 cm³/mol. The fourth-order valence-electron chi connectivity index (χ4n) is 1.30. The van der Waals surface area contributed by atoms with E-state index in [1.165, 1.54) is 11.3 Å². The van der Waals surface area contributed by atoms with Gasteiger partial charge in [0, 0.05) is 24.8 Å². The van der Waals surface area contributed by atoms with E-state index in [2.05, 4.69) is 9.97 Å². The van der Waals surface area contributed by atoms with Crippen LogP contribution in [0.2, 0.25) is 0 Å². The van der Waals surface area contributed by atoms with Crippen LogP contribution in [0, 0.1) is 0 Å². The summed E-state index contributed by atoms with van der Waals surface area (Å²) in [5, 5.41) is 2.48. The van der Waals surface area contributed by atoms with E-state index in [4.69, 9.17) is 5.73 Å². The summed E-state index contributed by atoms with van der Waals surface area (Å²) in [6, 6.07) is -0.145. The Labute approximate surface area is 96.9 Å². The highest BCUT2D eigenvalue weighted by atomic mass is 32.1. The first-order valence-corrected chi connectivity index (χ1v) is 5.70. The molecule has 6 heteroatoms. The molecule has 1 unspecified atom stereocenters. The lowest BCUT2D eigenvalue weighted by Crippen LogP contribution is -2.10. The molecule has 0 saturated carbocycles. The number of imidazole rings is 1. The average molecular weight is 236 g/mol. The maximum absolute atomic E-state index is 12.0. The van der Waals surface area contributed by atoms with Gasteiger partial charge >= 0.3 is 0 Å². The third kappa shape index (κ3) is 1.89. The van der Waals surface area contributed by atoms with Crippen molar-refractivity contribution in [1.29, 1.82) is 0 Å². The molecule has 84 valence electrons. The van der Waals surface area contributed by atoms with Gasteiger partial charge < -0.3 is 10.3 Å². The Morgan fingerprint density at radius 1 is 1.62 bits per heavy atom. The molecule has 0 fully saturated rings. The van der Waals surface area contributed by atoms with Crippen LogP contribution in [0.4, 0.5) is 0 Å². The number of nitrogens with zero attached hydrogens (tertiary/aromatic N) is 3. The van der Waals surface area contributed by atoms with E-state index >= 15 is 0 Å². The molecule has 0 aliphatic rings. The molecule has 5 nitrogen and oxygen atoms in total. The monoisotopic (exact) mass is 236 g/mol. The van der Waals surface area contributed by atoms with Crippen LogP contribution in [-0.4, -0.2) is 20.3 Å². The first kappa shape index (κ1) is 11.0. The number of ketones is 1. The zero-order chi connectivity index (χ0) is 11.7. The fraction of sp³-hybridized carbons (Fsp3) is 0.300. The lowest BCUT2D eigenvalue weighted by atomic mass is 10.3. The number of carbonyl (C=O) groups is 1. The number of nitrogens with two attached hydrogens (primary N) is 1. The van der Waals surface area contributed by atoms with Crippen molar-refractivity contribution in [3.63, 3.8) is 0 Å². The van der Waals surface area contributed by atoms with Gasteiger partial charge in [-0.2, -0.15) is 0 Å². The molecule has 0 saturated heterocycles. The number of thiazole rings is 1. The Kier molecular flexibility index (Phi) is 2.84. The fourth-order valence-corrected chi connectivity index (χ4v) is 2.06. The minimum Gasteiger partial charge on any atom is -0.331 e. The molecule has 16 heavy (non-hydrogen) atoms. The molecule has 0 aliphatic carbocycles. The zero-order valence-electron chi connectivity index (χ0n) is 9.04. The lowest BCUT2D eigenvalue weighted by Gasteiger charge is -1.98. The topological polar surface area (TPSA) is 73.8 Å². The van der Waals surface area contributed by atoms with Gasteiger partial charge in [0.25, 0.3) is 0 Å². The number of aromatic nitrogens is 3. The smallest absolute Gasteiger partial charge is 0.247 e. The Morgan fingerprint density at radius 2 is 2.38 bits per heavy atom. The Bertz CT molecular complexity index is 514. The molecular weight excluding hydrogens is 224 g/mol. The summed E-state index contributed by atoms with van der Waals surface area (Å²) in [6.45, 7) is 1.84. The summed E-state index contributed by atoms with van der Waals surface area (Å²) in [5.74, 6) is 0.220.